The number of carboxylic acid groups (broad SMARTS) is 1. The number of aliphatic carboxylic acids is 1. The molecule has 2 rings (SSSR count). The van der Waals surface area contributed by atoms with Crippen LogP contribution in [0.15, 0.2) is 11.1 Å². The van der Waals surface area contributed by atoms with E-state index in [-0.39, 0.29) is 53.7 Å². The minimum Gasteiger partial charge on any atom is -0.496 e. The van der Waals surface area contributed by atoms with Crippen molar-refractivity contribution in [3.8, 4) is 11.5 Å². The lowest BCUT2D eigenvalue weighted by Crippen LogP contribution is -2.26. The van der Waals surface area contributed by atoms with Gasteiger partial charge in [0.05, 0.1) is 20.0 Å². The summed E-state index contributed by atoms with van der Waals surface area (Å²) < 4.78 is 44.1. The van der Waals surface area contributed by atoms with Gasteiger partial charge in [-0.3, -0.25) is 9.59 Å². The Morgan fingerprint density at radius 1 is 1.31 bits per heavy atom. The van der Waals surface area contributed by atoms with E-state index in [0.29, 0.717) is 11.1 Å². The van der Waals surface area contributed by atoms with Crippen LogP contribution in [0.1, 0.15) is 40.4 Å². The standard InChI is InChI=1S/C20H23ClO10S/c1-5-29-19(24)13(18(22)23)8-11(21)6-7-12-16(28-3)10(2)14-9-30-20(25)15(14)17(12)31-32(4,26)27/h6,13H,5,7-9H2,1-4H3,(H,22,23)/b11-6-. The van der Waals surface area contributed by atoms with Crippen LogP contribution in [0.4, 0.5) is 0 Å². The van der Waals surface area contributed by atoms with Crippen LogP contribution in [0.3, 0.4) is 0 Å². The summed E-state index contributed by atoms with van der Waals surface area (Å²) in [6, 6.07) is 0. The fourth-order valence-corrected chi connectivity index (χ4v) is 3.98. The molecule has 12 heteroatoms. The van der Waals surface area contributed by atoms with E-state index in [9.17, 15) is 27.9 Å². The van der Waals surface area contributed by atoms with Gasteiger partial charge in [0, 0.05) is 22.6 Å². The Bertz CT molecular complexity index is 1070. The minimum atomic E-state index is -4.02. The number of fused-ring (bicyclic) bond motifs is 1. The number of rotatable bonds is 10. The molecule has 1 aliphatic heterocycles. The molecule has 0 saturated carbocycles. The van der Waals surface area contributed by atoms with Gasteiger partial charge in [0.25, 0.3) is 0 Å². The Morgan fingerprint density at radius 2 is 1.97 bits per heavy atom. The first-order valence-corrected chi connectivity index (χ1v) is 11.6. The first-order valence-electron chi connectivity index (χ1n) is 9.44. The molecular weight excluding hydrogens is 468 g/mol. The number of esters is 2. The number of hydrogen-bond donors (Lipinski definition) is 1. The molecule has 1 aromatic rings. The zero-order valence-corrected chi connectivity index (χ0v) is 19.5. The molecule has 0 saturated heterocycles. The van der Waals surface area contributed by atoms with Crippen molar-refractivity contribution in [1.29, 1.82) is 0 Å². The normalized spacial score (nSPS) is 14.4. The van der Waals surface area contributed by atoms with E-state index in [1.165, 1.54) is 13.2 Å². The molecule has 0 fully saturated rings. The number of halogens is 1. The Balaban J connectivity index is 2.51. The minimum absolute atomic E-state index is 0.0117. The van der Waals surface area contributed by atoms with Crippen LogP contribution in [-0.2, 0) is 42.2 Å². The summed E-state index contributed by atoms with van der Waals surface area (Å²) in [4.78, 5) is 35.5. The molecule has 0 aromatic heterocycles. The molecule has 1 atom stereocenters. The van der Waals surface area contributed by atoms with Crippen molar-refractivity contribution in [3.05, 3.63) is 33.4 Å². The lowest BCUT2D eigenvalue weighted by molar-refractivity contribution is -0.158. The number of ether oxygens (including phenoxy) is 3. The van der Waals surface area contributed by atoms with E-state index in [4.69, 9.17) is 30.0 Å². The van der Waals surface area contributed by atoms with Gasteiger partial charge >= 0.3 is 28.0 Å². The molecule has 0 bridgehead atoms. The second kappa shape index (κ2) is 10.2. The van der Waals surface area contributed by atoms with Crippen LogP contribution in [0.5, 0.6) is 11.5 Å². The molecule has 10 nitrogen and oxygen atoms in total. The fraction of sp³-hybridized carbons (Fsp3) is 0.450. The second-order valence-corrected chi connectivity index (χ2v) is 8.95. The summed E-state index contributed by atoms with van der Waals surface area (Å²) in [6.07, 6.45) is 1.79. The molecule has 176 valence electrons. The average Bonchev–Trinajstić information content (AvgIpc) is 3.07. The molecule has 0 amide bonds. The summed E-state index contributed by atoms with van der Waals surface area (Å²) in [5, 5.41) is 9.30. The smallest absolute Gasteiger partial charge is 0.342 e. The van der Waals surface area contributed by atoms with Gasteiger partial charge < -0.3 is 23.5 Å². The van der Waals surface area contributed by atoms with E-state index in [1.807, 2.05) is 0 Å². The number of hydrogen-bond acceptors (Lipinski definition) is 9. The van der Waals surface area contributed by atoms with Crippen molar-refractivity contribution in [2.24, 2.45) is 5.92 Å². The number of carbonyl (C=O) groups is 3. The SMILES string of the molecule is CCOC(=O)C(C/C(Cl)=C/Cc1c(OC)c(C)c2c(c1OS(C)(=O)=O)C(=O)OC2)C(=O)O. The molecule has 32 heavy (non-hydrogen) atoms. The largest absolute Gasteiger partial charge is 0.496 e. The summed E-state index contributed by atoms with van der Waals surface area (Å²) in [7, 11) is -2.66. The van der Waals surface area contributed by atoms with Crippen molar-refractivity contribution in [3.63, 3.8) is 0 Å². The van der Waals surface area contributed by atoms with Crippen LogP contribution in [0.2, 0.25) is 0 Å². The number of allylic oxidation sites excluding steroid dienone is 2. The van der Waals surface area contributed by atoms with E-state index in [2.05, 4.69) is 0 Å². The monoisotopic (exact) mass is 490 g/mol. The molecule has 1 N–H and O–H groups in total. The van der Waals surface area contributed by atoms with Crippen molar-refractivity contribution >= 4 is 39.6 Å². The maximum absolute atomic E-state index is 12.3. The number of methoxy groups -OCH3 is 1. The second-order valence-electron chi connectivity index (χ2n) is 6.89. The number of carbonyl (C=O) groups excluding carboxylic acids is 2. The third kappa shape index (κ3) is 5.71. The van der Waals surface area contributed by atoms with Gasteiger partial charge in [-0.15, -0.1) is 0 Å². The molecule has 1 aliphatic rings. The molecular formula is C20H23ClO10S. The zero-order valence-electron chi connectivity index (χ0n) is 17.9. The maximum atomic E-state index is 12.3. The third-order valence-electron chi connectivity index (χ3n) is 4.66. The lowest BCUT2D eigenvalue weighted by Gasteiger charge is -2.18. The van der Waals surface area contributed by atoms with Gasteiger partial charge in [-0.25, -0.2) is 4.79 Å². The first kappa shape index (κ1) is 25.5. The molecule has 0 radical (unpaired) electrons. The zero-order chi connectivity index (χ0) is 24.2. The number of benzene rings is 1. The molecule has 0 spiro atoms. The summed E-state index contributed by atoms with van der Waals surface area (Å²) in [5.74, 6) is -4.56. The van der Waals surface area contributed by atoms with E-state index >= 15 is 0 Å². The predicted octanol–water partition coefficient (Wildman–Crippen LogP) is 2.33. The predicted molar refractivity (Wildman–Crippen MR) is 112 cm³/mol. The summed E-state index contributed by atoms with van der Waals surface area (Å²) >= 11 is 6.18. The highest BCUT2D eigenvalue weighted by atomic mass is 35.5. The molecule has 1 aromatic carbocycles. The molecule has 1 unspecified atom stereocenters. The molecule has 1 heterocycles. The highest BCUT2D eigenvalue weighted by Gasteiger charge is 2.35. The first-order chi connectivity index (χ1) is 14.9. The highest BCUT2D eigenvalue weighted by Crippen LogP contribution is 2.43. The van der Waals surface area contributed by atoms with Crippen LogP contribution in [-0.4, -0.2) is 51.4 Å². The van der Waals surface area contributed by atoms with Gasteiger partial charge in [0.2, 0.25) is 0 Å². The number of carboxylic acids is 1. The molecule has 0 aliphatic carbocycles. The average molecular weight is 491 g/mol. The van der Waals surface area contributed by atoms with Crippen molar-refractivity contribution in [2.45, 2.75) is 33.3 Å². The van der Waals surface area contributed by atoms with E-state index < -0.39 is 33.9 Å². The van der Waals surface area contributed by atoms with Crippen LogP contribution >= 0.6 is 11.6 Å². The maximum Gasteiger partial charge on any atom is 0.342 e. The van der Waals surface area contributed by atoms with Crippen LogP contribution < -0.4 is 8.92 Å². The Labute approximate surface area is 190 Å². The third-order valence-corrected chi connectivity index (χ3v) is 5.43. The topological polar surface area (TPSA) is 142 Å². The fourth-order valence-electron chi connectivity index (χ4n) is 3.26. The van der Waals surface area contributed by atoms with Gasteiger partial charge in [-0.2, -0.15) is 8.42 Å². The van der Waals surface area contributed by atoms with Crippen LogP contribution in [0, 0.1) is 12.8 Å². The van der Waals surface area contributed by atoms with Gasteiger partial charge in [-0.1, -0.05) is 17.7 Å². The van der Waals surface area contributed by atoms with Gasteiger partial charge in [0.1, 0.15) is 17.9 Å². The lowest BCUT2D eigenvalue weighted by atomic mass is 9.95. The summed E-state index contributed by atoms with van der Waals surface area (Å²) in [5.41, 5.74) is 1.18. The van der Waals surface area contributed by atoms with Crippen molar-refractivity contribution in [1.82, 2.24) is 0 Å². The van der Waals surface area contributed by atoms with Crippen LogP contribution in [0.25, 0.3) is 0 Å². The Hall–Kier alpha value is -2.79. The Kier molecular flexibility index (Phi) is 8.13. The Morgan fingerprint density at radius 3 is 2.50 bits per heavy atom. The van der Waals surface area contributed by atoms with E-state index in [1.54, 1.807) is 13.8 Å². The summed E-state index contributed by atoms with van der Waals surface area (Å²) in [6.45, 7) is 3.18. The highest BCUT2D eigenvalue weighted by molar-refractivity contribution is 7.86. The van der Waals surface area contributed by atoms with E-state index in [0.717, 1.165) is 6.26 Å². The number of cyclic esters (lactones) is 1. The van der Waals surface area contributed by atoms with Gasteiger partial charge in [-0.05, 0) is 25.8 Å². The van der Waals surface area contributed by atoms with Crippen molar-refractivity contribution < 1.29 is 46.3 Å². The van der Waals surface area contributed by atoms with Crippen molar-refractivity contribution in [2.75, 3.05) is 20.0 Å². The quantitative estimate of drug-likeness (QED) is 0.295. The van der Waals surface area contributed by atoms with Gasteiger partial charge in [0.15, 0.2) is 11.7 Å².